The molecule has 0 spiro atoms. The van der Waals surface area contributed by atoms with Crippen LogP contribution < -0.4 is 38.2 Å². The Morgan fingerprint density at radius 2 is 0.613 bits per heavy atom. The van der Waals surface area contributed by atoms with Crippen LogP contribution in [0.3, 0.4) is 0 Å². The van der Waals surface area contributed by atoms with E-state index >= 15 is 0 Å². The summed E-state index contributed by atoms with van der Waals surface area (Å²) in [6.07, 6.45) is 0. The van der Waals surface area contributed by atoms with Gasteiger partial charge in [0.1, 0.15) is 66.1 Å². The molecule has 0 fully saturated rings. The van der Waals surface area contributed by atoms with Crippen molar-refractivity contribution in [1.29, 1.82) is 0 Å². The first-order valence-corrected chi connectivity index (χ1v) is 19.9. The SMILES string of the molecule is [B]c1c([B])c([B])c2c(oc3c([B])c(-c4cc(-c5ccccc5)cc(-c5nc(-c6ccc(-c7ccccc7)cc6)nc(-c6ccc(-c7ccccc7)cc6)n5)c4)c([B])c([B])c32)c1[B]. The Morgan fingerprint density at radius 1 is 0.274 bits per heavy atom. The quantitative estimate of drug-likeness (QED) is 0.215. The highest BCUT2D eigenvalue weighted by atomic mass is 16.3. The van der Waals surface area contributed by atoms with E-state index in [1.807, 2.05) is 109 Å². The molecule has 10 aromatic rings. The predicted octanol–water partition coefficient (Wildman–Crippen LogP) is 5.00. The smallest absolute Gasteiger partial charge is 0.164 e. The molecule has 0 unspecified atom stereocenters. The second-order valence-corrected chi connectivity index (χ2v) is 15.1. The summed E-state index contributed by atoms with van der Waals surface area (Å²) >= 11 is 0. The van der Waals surface area contributed by atoms with Gasteiger partial charge in [0.15, 0.2) is 17.5 Å². The lowest BCUT2D eigenvalue weighted by atomic mass is 9.64. The van der Waals surface area contributed by atoms with Crippen molar-refractivity contribution in [1.82, 2.24) is 15.0 Å². The predicted molar refractivity (Wildman–Crippen MR) is 263 cm³/mol. The van der Waals surface area contributed by atoms with E-state index in [0.717, 1.165) is 44.5 Å². The topological polar surface area (TPSA) is 51.8 Å². The molecule has 0 aliphatic heterocycles. The van der Waals surface area contributed by atoms with Gasteiger partial charge in [-0.1, -0.05) is 161 Å². The van der Waals surface area contributed by atoms with Gasteiger partial charge < -0.3 is 4.42 Å². The van der Waals surface area contributed by atoms with Crippen molar-refractivity contribution < 1.29 is 4.42 Å². The Bertz CT molecular complexity index is 3240. The van der Waals surface area contributed by atoms with Gasteiger partial charge in [0.05, 0.1) is 0 Å². The normalized spacial score (nSPS) is 11.4. The third-order valence-corrected chi connectivity index (χ3v) is 11.4. The van der Waals surface area contributed by atoms with E-state index in [2.05, 4.69) is 48.5 Å². The van der Waals surface area contributed by atoms with Crippen molar-refractivity contribution >= 4 is 115 Å². The van der Waals surface area contributed by atoms with E-state index < -0.39 is 0 Å². The van der Waals surface area contributed by atoms with Crippen LogP contribution in [0.2, 0.25) is 0 Å². The molecule has 0 atom stereocenters. The van der Waals surface area contributed by atoms with Crippen LogP contribution in [0.5, 0.6) is 0 Å². The summed E-state index contributed by atoms with van der Waals surface area (Å²) in [5, 5.41) is 0.793. The van der Waals surface area contributed by atoms with Crippen LogP contribution in [0.4, 0.5) is 0 Å². The van der Waals surface area contributed by atoms with E-state index in [-0.39, 0.29) is 49.4 Å². The number of aromatic nitrogens is 3. The maximum Gasteiger partial charge on any atom is 0.164 e. The van der Waals surface area contributed by atoms with Gasteiger partial charge in [-0.15, -0.1) is 10.9 Å². The van der Waals surface area contributed by atoms with Crippen LogP contribution in [-0.4, -0.2) is 69.9 Å². The Labute approximate surface area is 369 Å². The molecule has 10 rings (SSSR count). The lowest BCUT2D eigenvalue weighted by molar-refractivity contribution is 0.675. The number of furan rings is 1. The fourth-order valence-corrected chi connectivity index (χ4v) is 8.06. The summed E-state index contributed by atoms with van der Waals surface area (Å²) in [5.74, 6) is 1.44. The zero-order valence-electron chi connectivity index (χ0n) is 33.3. The number of hydrogen-bond donors (Lipinski definition) is 0. The van der Waals surface area contributed by atoms with Gasteiger partial charge in [-0.2, -0.15) is 0 Å². The second kappa shape index (κ2) is 15.8. The number of rotatable bonds is 7. The summed E-state index contributed by atoms with van der Waals surface area (Å²) in [5.41, 5.74) is 11.2. The number of fused-ring (bicyclic) bond motifs is 3. The van der Waals surface area contributed by atoms with E-state index in [9.17, 15) is 0 Å². The molecule has 62 heavy (non-hydrogen) atoms. The molecule has 0 N–H and O–H groups in total. The van der Waals surface area contributed by atoms with Crippen LogP contribution in [-0.2, 0) is 0 Å². The summed E-state index contributed by atoms with van der Waals surface area (Å²) in [4.78, 5) is 15.3. The number of nitrogens with zero attached hydrogens (tertiary/aromatic N) is 3. The molecule has 8 aromatic carbocycles. The Balaban J connectivity index is 1.19. The summed E-state index contributed by atoms with van der Waals surface area (Å²) in [6, 6.07) is 52.8. The van der Waals surface area contributed by atoms with Gasteiger partial charge in [-0.05, 0) is 68.2 Å². The first kappa shape index (κ1) is 39.2. The van der Waals surface area contributed by atoms with Gasteiger partial charge in [0.25, 0.3) is 0 Å². The van der Waals surface area contributed by atoms with E-state index in [4.69, 9.17) is 74.3 Å². The Morgan fingerprint density at radius 3 is 1.10 bits per heavy atom. The van der Waals surface area contributed by atoms with Gasteiger partial charge >= 0.3 is 0 Å². The maximum atomic E-state index is 7.03. The highest BCUT2D eigenvalue weighted by molar-refractivity contribution is 6.69. The standard InChI is InChI=1S/C51H26B7N3O/c52-40-37(43(55)47-38(41(40)53)39-42(54)44(56)45(57)46(58)48(39)62-47)35-24-34(29-14-8-3-9-15-29)25-36(26-35)51-60-49(32-20-16-30(17-21-32)27-10-4-1-5-11-27)59-50(61-51)33-22-18-31(19-23-33)28-12-6-2-7-13-28/h1-26H. The lowest BCUT2D eigenvalue weighted by Crippen LogP contribution is -2.47. The van der Waals surface area contributed by atoms with Crippen molar-refractivity contribution in [2.24, 2.45) is 0 Å². The molecule has 2 heterocycles. The molecular weight excluding hydrogens is 746 g/mol. The second-order valence-electron chi connectivity index (χ2n) is 15.1. The minimum Gasteiger partial charge on any atom is -0.457 e. The summed E-state index contributed by atoms with van der Waals surface area (Å²) in [6.45, 7) is 0. The van der Waals surface area contributed by atoms with Crippen molar-refractivity contribution in [3.63, 3.8) is 0 Å². The average Bonchev–Trinajstić information content (AvgIpc) is 3.74. The molecule has 0 bridgehead atoms. The highest BCUT2D eigenvalue weighted by Gasteiger charge is 2.23. The summed E-state index contributed by atoms with van der Waals surface area (Å²) in [7, 11) is 46.2. The van der Waals surface area contributed by atoms with Gasteiger partial charge in [-0.3, -0.25) is 0 Å². The zero-order valence-corrected chi connectivity index (χ0v) is 33.3. The van der Waals surface area contributed by atoms with Gasteiger partial charge in [0.2, 0.25) is 0 Å². The first-order valence-electron chi connectivity index (χ1n) is 19.9. The maximum absolute atomic E-state index is 7.03. The van der Waals surface area contributed by atoms with Crippen LogP contribution in [0.15, 0.2) is 162 Å². The third kappa shape index (κ3) is 6.82. The largest absolute Gasteiger partial charge is 0.457 e. The molecule has 11 heteroatoms. The molecule has 2 aromatic heterocycles. The highest BCUT2D eigenvalue weighted by Crippen LogP contribution is 2.35. The Kier molecular flexibility index (Phi) is 9.99. The van der Waals surface area contributed by atoms with Gasteiger partial charge in [-0.25, -0.2) is 15.0 Å². The van der Waals surface area contributed by atoms with Gasteiger partial charge in [0, 0.05) is 27.5 Å². The van der Waals surface area contributed by atoms with E-state index in [1.54, 1.807) is 0 Å². The minimum atomic E-state index is 0.106. The van der Waals surface area contributed by atoms with Crippen molar-refractivity contribution in [3.8, 4) is 78.7 Å². The van der Waals surface area contributed by atoms with E-state index in [0.29, 0.717) is 44.9 Å². The fraction of sp³-hybridized carbons (Fsp3) is 0. The molecule has 0 saturated carbocycles. The molecular formula is C51H26B7N3O. The molecule has 0 aliphatic rings. The van der Waals surface area contributed by atoms with Crippen LogP contribution >= 0.6 is 0 Å². The molecule has 0 saturated heterocycles. The Hall–Kier alpha value is -6.98. The zero-order chi connectivity index (χ0) is 42.6. The molecule has 14 radical (unpaired) electrons. The monoisotopic (exact) mass is 773 g/mol. The minimum absolute atomic E-state index is 0.106. The molecule has 272 valence electrons. The van der Waals surface area contributed by atoms with Crippen molar-refractivity contribution in [2.75, 3.05) is 0 Å². The van der Waals surface area contributed by atoms with Crippen molar-refractivity contribution in [2.45, 2.75) is 0 Å². The summed E-state index contributed by atoms with van der Waals surface area (Å²) < 4.78 is 6.33. The van der Waals surface area contributed by atoms with Crippen LogP contribution in [0, 0.1) is 0 Å². The molecule has 4 nitrogen and oxygen atoms in total. The average molecular weight is 772 g/mol. The van der Waals surface area contributed by atoms with E-state index in [1.165, 1.54) is 0 Å². The van der Waals surface area contributed by atoms with Crippen LogP contribution in [0.1, 0.15) is 0 Å². The van der Waals surface area contributed by atoms with Crippen molar-refractivity contribution in [3.05, 3.63) is 158 Å². The molecule has 0 amide bonds. The number of hydrogen-bond acceptors (Lipinski definition) is 4. The number of benzene rings is 8. The first-order chi connectivity index (χ1) is 30.1. The van der Waals surface area contributed by atoms with Crippen LogP contribution in [0.25, 0.3) is 101 Å². The fourth-order valence-electron chi connectivity index (χ4n) is 8.06. The third-order valence-electron chi connectivity index (χ3n) is 11.4. The lowest BCUT2D eigenvalue weighted by Gasteiger charge is -2.19. The molecule has 0 aliphatic carbocycles.